The van der Waals surface area contributed by atoms with Crippen molar-refractivity contribution in [1.82, 2.24) is 5.32 Å². The Labute approximate surface area is 189 Å². The number of benzene rings is 3. The van der Waals surface area contributed by atoms with Crippen molar-refractivity contribution in [3.8, 4) is 5.75 Å². The van der Waals surface area contributed by atoms with Gasteiger partial charge in [-0.3, -0.25) is 9.10 Å². The van der Waals surface area contributed by atoms with Crippen molar-refractivity contribution in [3.05, 3.63) is 90.0 Å². The minimum absolute atomic E-state index is 0.0470. The number of carbonyl (C=O) groups excluding carboxylic acids is 1. The molecule has 0 saturated carbocycles. The van der Waals surface area contributed by atoms with Gasteiger partial charge in [0, 0.05) is 11.1 Å². The van der Waals surface area contributed by atoms with Gasteiger partial charge >= 0.3 is 0 Å². The van der Waals surface area contributed by atoms with E-state index in [1.54, 1.807) is 43.5 Å². The number of methoxy groups -OCH3 is 1. The molecule has 0 aliphatic carbocycles. The zero-order valence-corrected chi connectivity index (χ0v) is 19.5. The van der Waals surface area contributed by atoms with E-state index in [-0.39, 0.29) is 22.9 Å². The highest BCUT2D eigenvalue weighted by atomic mass is 32.2. The van der Waals surface area contributed by atoms with Crippen LogP contribution in [0.4, 0.5) is 5.69 Å². The van der Waals surface area contributed by atoms with E-state index in [9.17, 15) is 13.2 Å². The fourth-order valence-corrected chi connectivity index (χ4v) is 4.65. The second-order valence-corrected chi connectivity index (χ2v) is 10.3. The molecule has 0 saturated heterocycles. The fraction of sp³-hybridized carbons (Fsp3) is 0.240. The third-order valence-electron chi connectivity index (χ3n) is 4.70. The average molecular weight is 453 g/mol. The summed E-state index contributed by atoms with van der Waals surface area (Å²) >= 11 is 0. The van der Waals surface area contributed by atoms with Crippen molar-refractivity contribution in [2.75, 3.05) is 11.4 Å². The number of nitrogens with zero attached hydrogens (tertiary/aromatic N) is 1. The number of ether oxygens (including phenoxy) is 1. The number of rotatable bonds is 7. The van der Waals surface area contributed by atoms with Gasteiger partial charge < -0.3 is 10.1 Å². The molecule has 1 N–H and O–H groups in total. The van der Waals surface area contributed by atoms with Crippen molar-refractivity contribution in [2.24, 2.45) is 0 Å². The number of carbonyl (C=O) groups is 1. The summed E-state index contributed by atoms with van der Waals surface area (Å²) in [5, 5.41) is 2.87. The summed E-state index contributed by atoms with van der Waals surface area (Å²) in [7, 11) is -2.40. The maximum Gasteiger partial charge on any atom is 0.264 e. The third-order valence-corrected chi connectivity index (χ3v) is 6.47. The van der Waals surface area contributed by atoms with Gasteiger partial charge in [0.2, 0.25) is 0 Å². The number of amides is 1. The summed E-state index contributed by atoms with van der Waals surface area (Å²) in [4.78, 5) is 12.7. The number of anilines is 1. The molecule has 0 aliphatic rings. The highest BCUT2D eigenvalue weighted by Gasteiger charge is 2.26. The van der Waals surface area contributed by atoms with Gasteiger partial charge in [0.05, 0.1) is 24.2 Å². The quantitative estimate of drug-likeness (QED) is 0.568. The SMILES string of the molecule is COc1ccc(N(Cc2ccccc2)S(=O)(=O)c2cccc(C(=O)NC(C)(C)C)c2)cc1. The van der Waals surface area contributed by atoms with Crippen molar-refractivity contribution in [2.45, 2.75) is 37.8 Å². The molecular formula is C25H28N2O4S. The Bertz CT molecular complexity index is 1170. The van der Waals surface area contributed by atoms with Crippen molar-refractivity contribution < 1.29 is 17.9 Å². The smallest absolute Gasteiger partial charge is 0.264 e. The molecule has 0 atom stereocenters. The lowest BCUT2D eigenvalue weighted by molar-refractivity contribution is 0.0919. The van der Waals surface area contributed by atoms with Crippen LogP contribution in [0.3, 0.4) is 0 Å². The molecular weight excluding hydrogens is 424 g/mol. The van der Waals surface area contributed by atoms with Gasteiger partial charge in [-0.2, -0.15) is 0 Å². The highest BCUT2D eigenvalue weighted by Crippen LogP contribution is 2.28. The third kappa shape index (κ3) is 5.68. The second kappa shape index (κ2) is 9.44. The first-order valence-electron chi connectivity index (χ1n) is 10.2. The van der Waals surface area contributed by atoms with E-state index in [4.69, 9.17) is 4.74 Å². The molecule has 0 fully saturated rings. The first-order valence-corrected chi connectivity index (χ1v) is 11.7. The Morgan fingerprint density at radius 2 is 1.59 bits per heavy atom. The lowest BCUT2D eigenvalue weighted by Crippen LogP contribution is -2.40. The second-order valence-electron chi connectivity index (χ2n) is 8.43. The molecule has 1 amide bonds. The molecule has 3 aromatic carbocycles. The summed E-state index contributed by atoms with van der Waals surface area (Å²) in [6, 6.07) is 22.3. The molecule has 168 valence electrons. The summed E-state index contributed by atoms with van der Waals surface area (Å²) in [5.74, 6) is 0.306. The first kappa shape index (κ1) is 23.3. The Kier molecular flexibility index (Phi) is 6.89. The van der Waals surface area contributed by atoms with Gasteiger partial charge in [-0.25, -0.2) is 8.42 Å². The molecule has 0 radical (unpaired) electrons. The Morgan fingerprint density at radius 3 is 2.19 bits per heavy atom. The molecule has 0 aliphatic heterocycles. The minimum Gasteiger partial charge on any atom is -0.497 e. The van der Waals surface area contributed by atoms with E-state index in [0.29, 0.717) is 11.4 Å². The van der Waals surface area contributed by atoms with Crippen LogP contribution in [-0.4, -0.2) is 27.0 Å². The van der Waals surface area contributed by atoms with E-state index >= 15 is 0 Å². The molecule has 3 aromatic rings. The number of hydrogen-bond acceptors (Lipinski definition) is 4. The highest BCUT2D eigenvalue weighted by molar-refractivity contribution is 7.92. The molecule has 0 aromatic heterocycles. The predicted molar refractivity (Wildman–Crippen MR) is 126 cm³/mol. The van der Waals surface area contributed by atoms with Crippen LogP contribution in [0.2, 0.25) is 0 Å². The summed E-state index contributed by atoms with van der Waals surface area (Å²) in [5.41, 5.74) is 1.19. The summed E-state index contributed by atoms with van der Waals surface area (Å²) < 4.78 is 34.0. The van der Waals surface area contributed by atoms with Crippen LogP contribution in [0.25, 0.3) is 0 Å². The van der Waals surface area contributed by atoms with Gasteiger partial charge in [0.15, 0.2) is 0 Å². The normalized spacial score (nSPS) is 11.6. The standard InChI is InChI=1S/C25H28N2O4S/c1-25(2,3)26-24(28)20-11-8-12-23(17-20)32(29,30)27(18-19-9-6-5-7-10-19)21-13-15-22(31-4)16-14-21/h5-17H,18H2,1-4H3,(H,26,28). The molecule has 3 rings (SSSR count). The number of sulfonamides is 1. The zero-order valence-electron chi connectivity index (χ0n) is 18.7. The van der Waals surface area contributed by atoms with Crippen LogP contribution in [0.5, 0.6) is 5.75 Å². The first-order chi connectivity index (χ1) is 15.1. The van der Waals surface area contributed by atoms with Crippen molar-refractivity contribution in [1.29, 1.82) is 0 Å². The monoisotopic (exact) mass is 452 g/mol. The van der Waals surface area contributed by atoms with Crippen LogP contribution >= 0.6 is 0 Å². The van der Waals surface area contributed by atoms with Gasteiger partial charge in [-0.15, -0.1) is 0 Å². The fourth-order valence-electron chi connectivity index (χ4n) is 3.15. The maximum atomic E-state index is 13.7. The van der Waals surface area contributed by atoms with E-state index in [1.807, 2.05) is 51.1 Å². The lowest BCUT2D eigenvalue weighted by atomic mass is 10.1. The molecule has 32 heavy (non-hydrogen) atoms. The van der Waals surface area contributed by atoms with E-state index in [2.05, 4.69) is 5.32 Å². The molecule has 0 spiro atoms. The topological polar surface area (TPSA) is 75.7 Å². The van der Waals surface area contributed by atoms with E-state index < -0.39 is 15.6 Å². The van der Waals surface area contributed by atoms with Crippen LogP contribution in [0.15, 0.2) is 83.8 Å². The van der Waals surface area contributed by atoms with E-state index in [0.717, 1.165) is 5.56 Å². The predicted octanol–water partition coefficient (Wildman–Crippen LogP) is 4.62. The van der Waals surface area contributed by atoms with Crippen LogP contribution in [-0.2, 0) is 16.6 Å². The maximum absolute atomic E-state index is 13.7. The molecule has 0 heterocycles. The van der Waals surface area contributed by atoms with Gasteiger partial charge in [0.25, 0.3) is 15.9 Å². The largest absolute Gasteiger partial charge is 0.497 e. The van der Waals surface area contributed by atoms with Crippen molar-refractivity contribution in [3.63, 3.8) is 0 Å². The van der Waals surface area contributed by atoms with Gasteiger partial charge in [-0.1, -0.05) is 36.4 Å². The Hall–Kier alpha value is -3.32. The Morgan fingerprint density at radius 1 is 0.938 bits per heavy atom. The molecule has 0 bridgehead atoms. The lowest BCUT2D eigenvalue weighted by Gasteiger charge is -2.25. The van der Waals surface area contributed by atoms with Crippen LogP contribution in [0.1, 0.15) is 36.7 Å². The van der Waals surface area contributed by atoms with Crippen LogP contribution in [0, 0.1) is 0 Å². The minimum atomic E-state index is -3.96. The summed E-state index contributed by atoms with van der Waals surface area (Å²) in [6.45, 7) is 5.76. The molecule has 6 nitrogen and oxygen atoms in total. The number of nitrogens with one attached hydrogen (secondary N) is 1. The Balaban J connectivity index is 2.03. The van der Waals surface area contributed by atoms with Crippen LogP contribution < -0.4 is 14.4 Å². The van der Waals surface area contributed by atoms with Crippen molar-refractivity contribution >= 4 is 21.6 Å². The molecule has 0 unspecified atom stereocenters. The van der Waals surface area contributed by atoms with Gasteiger partial charge in [-0.05, 0) is 68.8 Å². The van der Waals surface area contributed by atoms with Gasteiger partial charge in [0.1, 0.15) is 5.75 Å². The average Bonchev–Trinajstić information content (AvgIpc) is 2.77. The molecule has 7 heteroatoms. The zero-order chi connectivity index (χ0) is 23.4. The number of hydrogen-bond donors (Lipinski definition) is 1. The summed E-state index contributed by atoms with van der Waals surface area (Å²) in [6.07, 6.45) is 0. The van der Waals surface area contributed by atoms with E-state index in [1.165, 1.54) is 16.4 Å².